The van der Waals surface area contributed by atoms with Crippen LogP contribution in [0.15, 0.2) is 0 Å². The molecule has 0 heterocycles. The van der Waals surface area contributed by atoms with Crippen LogP contribution in [0.2, 0.25) is 0 Å². The average Bonchev–Trinajstić information content (AvgIpc) is 2.45. The highest BCUT2D eigenvalue weighted by Gasteiger charge is 2.28. The molecule has 0 aromatic carbocycles. The minimum absolute atomic E-state index is 0.0528. The standard InChI is InChI=1S/C15H28N2O3/c1-5-10(2)13(14(18)20-4)17-15(19)16-12-9-7-6-8-11(12)3/h10-13H,5-9H2,1-4H3,(H2,16,17,19)/t10-,11+,12-,13-/m0/s1. The van der Waals surface area contributed by atoms with Gasteiger partial charge in [0.15, 0.2) is 0 Å². The van der Waals surface area contributed by atoms with Crippen molar-refractivity contribution < 1.29 is 14.3 Å². The van der Waals surface area contributed by atoms with Crippen LogP contribution in [0.5, 0.6) is 0 Å². The zero-order valence-electron chi connectivity index (χ0n) is 13.1. The highest BCUT2D eigenvalue weighted by molar-refractivity contribution is 5.83. The van der Waals surface area contributed by atoms with Gasteiger partial charge in [-0.3, -0.25) is 0 Å². The van der Waals surface area contributed by atoms with Crippen molar-refractivity contribution in [1.82, 2.24) is 10.6 Å². The fraction of sp³-hybridized carbons (Fsp3) is 0.867. The van der Waals surface area contributed by atoms with E-state index in [1.54, 1.807) is 0 Å². The van der Waals surface area contributed by atoms with Gasteiger partial charge in [0.1, 0.15) is 6.04 Å². The molecule has 0 aromatic heterocycles. The molecule has 0 spiro atoms. The summed E-state index contributed by atoms with van der Waals surface area (Å²) in [6.45, 7) is 6.09. The molecule has 0 unspecified atom stereocenters. The van der Waals surface area contributed by atoms with E-state index in [2.05, 4.69) is 17.6 Å². The molecule has 116 valence electrons. The Kier molecular flexibility index (Phi) is 6.82. The molecule has 1 aliphatic rings. The second-order valence-corrected chi connectivity index (χ2v) is 5.87. The van der Waals surface area contributed by atoms with Crippen molar-refractivity contribution in [2.45, 2.75) is 65.0 Å². The number of carbonyl (C=O) groups excluding carboxylic acids is 2. The lowest BCUT2D eigenvalue weighted by Gasteiger charge is -2.30. The van der Waals surface area contributed by atoms with Gasteiger partial charge in [-0.25, -0.2) is 9.59 Å². The number of hydrogen-bond acceptors (Lipinski definition) is 3. The molecule has 4 atom stereocenters. The molecule has 0 radical (unpaired) electrons. The first-order valence-corrected chi connectivity index (χ1v) is 7.64. The van der Waals surface area contributed by atoms with E-state index in [9.17, 15) is 9.59 Å². The molecule has 1 saturated carbocycles. The topological polar surface area (TPSA) is 67.4 Å². The number of nitrogens with one attached hydrogen (secondary N) is 2. The van der Waals surface area contributed by atoms with E-state index in [4.69, 9.17) is 4.74 Å². The van der Waals surface area contributed by atoms with E-state index in [-0.39, 0.29) is 24.0 Å². The lowest BCUT2D eigenvalue weighted by atomic mass is 9.86. The normalized spacial score (nSPS) is 25.4. The lowest BCUT2D eigenvalue weighted by molar-refractivity contribution is -0.144. The maximum atomic E-state index is 12.1. The molecular formula is C15H28N2O3. The molecule has 5 nitrogen and oxygen atoms in total. The van der Waals surface area contributed by atoms with Gasteiger partial charge < -0.3 is 15.4 Å². The number of amides is 2. The monoisotopic (exact) mass is 284 g/mol. The van der Waals surface area contributed by atoms with E-state index in [1.807, 2.05) is 13.8 Å². The molecule has 5 heteroatoms. The van der Waals surface area contributed by atoms with E-state index >= 15 is 0 Å². The molecular weight excluding hydrogens is 256 g/mol. The molecule has 20 heavy (non-hydrogen) atoms. The third-order valence-electron chi connectivity index (χ3n) is 4.38. The Bertz CT molecular complexity index is 333. The first kappa shape index (κ1) is 16.8. The Morgan fingerprint density at radius 3 is 2.50 bits per heavy atom. The Labute approximate surface area is 121 Å². The van der Waals surface area contributed by atoms with Crippen LogP contribution >= 0.6 is 0 Å². The molecule has 0 aromatic rings. The largest absolute Gasteiger partial charge is 0.467 e. The number of ether oxygens (including phenoxy) is 1. The third-order valence-corrected chi connectivity index (χ3v) is 4.38. The smallest absolute Gasteiger partial charge is 0.328 e. The van der Waals surface area contributed by atoms with Gasteiger partial charge in [-0.15, -0.1) is 0 Å². The van der Waals surface area contributed by atoms with E-state index in [0.717, 1.165) is 25.7 Å². The summed E-state index contributed by atoms with van der Waals surface area (Å²) in [5.74, 6) is 0.165. The van der Waals surface area contributed by atoms with E-state index < -0.39 is 6.04 Å². The van der Waals surface area contributed by atoms with Crippen LogP contribution in [0.1, 0.15) is 52.9 Å². The van der Waals surface area contributed by atoms with Crippen LogP contribution in [-0.4, -0.2) is 31.2 Å². The van der Waals surface area contributed by atoms with Gasteiger partial charge in [0.05, 0.1) is 7.11 Å². The molecule has 2 amide bonds. The van der Waals surface area contributed by atoms with Crippen molar-refractivity contribution >= 4 is 12.0 Å². The van der Waals surface area contributed by atoms with Gasteiger partial charge in [0, 0.05) is 6.04 Å². The van der Waals surface area contributed by atoms with Crippen LogP contribution in [0.25, 0.3) is 0 Å². The Hall–Kier alpha value is -1.26. The second-order valence-electron chi connectivity index (χ2n) is 5.87. The summed E-state index contributed by atoms with van der Waals surface area (Å²) in [5.41, 5.74) is 0. The van der Waals surface area contributed by atoms with Crippen molar-refractivity contribution in [3.63, 3.8) is 0 Å². The van der Waals surface area contributed by atoms with Gasteiger partial charge in [0.2, 0.25) is 0 Å². The summed E-state index contributed by atoms with van der Waals surface area (Å²) in [6, 6.07) is -0.637. The van der Waals surface area contributed by atoms with Gasteiger partial charge >= 0.3 is 12.0 Å². The van der Waals surface area contributed by atoms with E-state index in [1.165, 1.54) is 13.5 Å². The highest BCUT2D eigenvalue weighted by atomic mass is 16.5. The summed E-state index contributed by atoms with van der Waals surface area (Å²) < 4.78 is 4.77. The molecule has 0 saturated heterocycles. The number of carbonyl (C=O) groups is 2. The molecule has 1 aliphatic carbocycles. The first-order chi connectivity index (χ1) is 9.49. The minimum atomic E-state index is -0.580. The van der Waals surface area contributed by atoms with Crippen molar-refractivity contribution in [2.75, 3.05) is 7.11 Å². The maximum Gasteiger partial charge on any atom is 0.328 e. The fourth-order valence-corrected chi connectivity index (χ4v) is 2.68. The lowest BCUT2D eigenvalue weighted by Crippen LogP contribution is -2.53. The van der Waals surface area contributed by atoms with Crippen LogP contribution in [0.3, 0.4) is 0 Å². The molecule has 2 N–H and O–H groups in total. The second kappa shape index (κ2) is 8.12. The SMILES string of the molecule is CC[C@H](C)[C@H](NC(=O)N[C@H]1CCCC[C@H]1C)C(=O)OC. The van der Waals surface area contributed by atoms with E-state index in [0.29, 0.717) is 5.92 Å². The maximum absolute atomic E-state index is 12.1. The van der Waals surface area contributed by atoms with Crippen LogP contribution in [0, 0.1) is 11.8 Å². The number of rotatable bonds is 5. The number of urea groups is 1. The number of esters is 1. The summed E-state index contributed by atoms with van der Waals surface area (Å²) in [6.07, 6.45) is 5.36. The Morgan fingerprint density at radius 1 is 1.30 bits per heavy atom. The van der Waals surface area contributed by atoms with Crippen LogP contribution in [0.4, 0.5) is 4.79 Å². The summed E-state index contributed by atoms with van der Waals surface area (Å²) in [7, 11) is 1.35. The third kappa shape index (κ3) is 4.69. The Morgan fingerprint density at radius 2 is 1.95 bits per heavy atom. The zero-order valence-corrected chi connectivity index (χ0v) is 13.1. The summed E-state index contributed by atoms with van der Waals surface area (Å²) >= 11 is 0. The highest BCUT2D eigenvalue weighted by Crippen LogP contribution is 2.23. The minimum Gasteiger partial charge on any atom is -0.467 e. The zero-order chi connectivity index (χ0) is 15.1. The van der Waals surface area contributed by atoms with Crippen molar-refractivity contribution in [2.24, 2.45) is 11.8 Å². The summed E-state index contributed by atoms with van der Waals surface area (Å²) in [5, 5.41) is 5.76. The number of hydrogen-bond donors (Lipinski definition) is 2. The predicted octanol–water partition coefficient (Wildman–Crippen LogP) is 2.45. The van der Waals surface area contributed by atoms with Crippen LogP contribution < -0.4 is 10.6 Å². The van der Waals surface area contributed by atoms with Crippen molar-refractivity contribution in [3.05, 3.63) is 0 Å². The van der Waals surface area contributed by atoms with Gasteiger partial charge in [0.25, 0.3) is 0 Å². The fourth-order valence-electron chi connectivity index (χ4n) is 2.68. The average molecular weight is 284 g/mol. The molecule has 1 rings (SSSR count). The first-order valence-electron chi connectivity index (χ1n) is 7.64. The quantitative estimate of drug-likeness (QED) is 0.762. The van der Waals surface area contributed by atoms with Crippen LogP contribution in [-0.2, 0) is 9.53 Å². The molecule has 0 aliphatic heterocycles. The van der Waals surface area contributed by atoms with Crippen molar-refractivity contribution in [3.8, 4) is 0 Å². The number of methoxy groups -OCH3 is 1. The van der Waals surface area contributed by atoms with Crippen molar-refractivity contribution in [1.29, 1.82) is 0 Å². The van der Waals surface area contributed by atoms with Gasteiger partial charge in [-0.05, 0) is 24.7 Å². The van der Waals surface area contributed by atoms with Gasteiger partial charge in [-0.1, -0.05) is 40.0 Å². The predicted molar refractivity (Wildman–Crippen MR) is 78.3 cm³/mol. The molecule has 0 bridgehead atoms. The Balaban J connectivity index is 2.54. The molecule has 1 fully saturated rings. The van der Waals surface area contributed by atoms with Gasteiger partial charge in [-0.2, -0.15) is 0 Å². The summed E-state index contributed by atoms with van der Waals surface area (Å²) in [4.78, 5) is 23.8.